The molecule has 2 atom stereocenters. The summed E-state index contributed by atoms with van der Waals surface area (Å²) in [6.07, 6.45) is 0.693. The molecule has 1 N–H and O–H groups in total. The number of allylic oxidation sites excluding steroid dienone is 1. The van der Waals surface area contributed by atoms with Crippen molar-refractivity contribution in [2.24, 2.45) is 0 Å². The first-order chi connectivity index (χ1) is 22.6. The predicted molar refractivity (Wildman–Crippen MR) is 172 cm³/mol. The molecule has 3 aromatic rings. The molecule has 0 bridgehead atoms. The van der Waals surface area contributed by atoms with E-state index in [2.05, 4.69) is 5.32 Å². The third kappa shape index (κ3) is 9.11. The lowest BCUT2D eigenvalue weighted by molar-refractivity contribution is -0.384. The molecule has 1 saturated heterocycles. The Labute approximate surface area is 279 Å². The van der Waals surface area contributed by atoms with Crippen LogP contribution in [0.4, 0.5) is 5.69 Å². The average molecular weight is 720 g/mol. The first-order valence-electron chi connectivity index (χ1n) is 13.9. The van der Waals surface area contributed by atoms with E-state index in [4.69, 9.17) is 13.7 Å². The second-order valence-corrected chi connectivity index (χ2v) is 15.8. The topological polar surface area (TPSA) is 206 Å². The van der Waals surface area contributed by atoms with Gasteiger partial charge < -0.3 is 19.0 Å². The normalized spacial score (nSPS) is 16.6. The van der Waals surface area contributed by atoms with Crippen molar-refractivity contribution in [3.05, 3.63) is 112 Å². The van der Waals surface area contributed by atoms with Gasteiger partial charge in [0.2, 0.25) is 8.87 Å². The van der Waals surface area contributed by atoms with Gasteiger partial charge in [-0.1, -0.05) is 35.9 Å². The number of β-lactam (4-membered cyclic amide) rings is 1. The fraction of sp³-hybridized carbons (Fsp3) is 0.233. The number of esters is 1. The summed E-state index contributed by atoms with van der Waals surface area (Å²) in [6, 6.07) is 17.6. The second kappa shape index (κ2) is 14.9. The van der Waals surface area contributed by atoms with Crippen LogP contribution < -0.4 is 10.1 Å². The highest BCUT2D eigenvalue weighted by atomic mass is 33.1. The Morgan fingerprint density at radius 1 is 0.979 bits per heavy atom. The number of aryl methyl sites for hydroxylation is 1. The maximum absolute atomic E-state index is 13.6. The van der Waals surface area contributed by atoms with E-state index in [1.807, 2.05) is 0 Å². The monoisotopic (exact) mass is 719 g/mol. The highest BCUT2D eigenvalue weighted by molar-refractivity contribution is 8.72. The number of amides is 2. The Morgan fingerprint density at radius 3 is 2.19 bits per heavy atom. The van der Waals surface area contributed by atoms with E-state index in [0.29, 0.717) is 22.5 Å². The van der Waals surface area contributed by atoms with Gasteiger partial charge in [0.15, 0.2) is 12.3 Å². The van der Waals surface area contributed by atoms with Gasteiger partial charge in [0, 0.05) is 22.9 Å². The number of ether oxygens (including phenoxy) is 2. The number of carbonyl (C=O) groups is 3. The van der Waals surface area contributed by atoms with E-state index in [-0.39, 0.29) is 21.4 Å². The maximum Gasteiger partial charge on any atom is 0.359 e. The molecule has 0 aromatic heterocycles. The molecule has 3 aromatic carbocycles. The fourth-order valence-corrected chi connectivity index (χ4v) is 8.31. The summed E-state index contributed by atoms with van der Waals surface area (Å²) in [5, 5.41) is 11.9. The Balaban J connectivity index is 1.66. The van der Waals surface area contributed by atoms with Crippen LogP contribution in [0.2, 0.25) is 0 Å². The Hall–Kier alpha value is -4.94. The molecule has 18 heteroatoms. The largest absolute Gasteiger partial charge is 0.484 e. The van der Waals surface area contributed by atoms with Gasteiger partial charge in [0.1, 0.15) is 29.5 Å². The number of nitro groups is 1. The highest BCUT2D eigenvalue weighted by Crippen LogP contribution is 2.40. The van der Waals surface area contributed by atoms with E-state index in [1.165, 1.54) is 36.4 Å². The third-order valence-corrected chi connectivity index (χ3v) is 10.8. The van der Waals surface area contributed by atoms with Gasteiger partial charge in [-0.3, -0.25) is 24.6 Å². The number of nitro benzene ring substituents is 1. The van der Waals surface area contributed by atoms with E-state index in [0.717, 1.165) is 12.5 Å². The minimum Gasteiger partial charge on any atom is -0.484 e. The van der Waals surface area contributed by atoms with Gasteiger partial charge in [-0.15, -0.1) is 0 Å². The number of hydrogen-bond donors (Lipinski definition) is 1. The minimum absolute atomic E-state index is 0.134. The zero-order valence-electron chi connectivity index (χ0n) is 25.6. The molecule has 1 aliphatic rings. The predicted octanol–water partition coefficient (Wildman–Crippen LogP) is 3.01. The molecule has 0 saturated carbocycles. The lowest BCUT2D eigenvalue weighted by Gasteiger charge is -2.46. The summed E-state index contributed by atoms with van der Waals surface area (Å²) in [7, 11) is -8.28. The molecule has 0 aliphatic carbocycles. The van der Waals surface area contributed by atoms with Crippen molar-refractivity contribution in [3.8, 4) is 5.75 Å². The molecular weight excluding hydrogens is 691 g/mol. The van der Waals surface area contributed by atoms with Gasteiger partial charge in [-0.2, -0.15) is 8.42 Å². The fourth-order valence-electron chi connectivity index (χ4n) is 4.31. The average Bonchev–Trinajstić information content (AvgIpc) is 3.03. The first-order valence-corrected chi connectivity index (χ1v) is 18.6. The van der Waals surface area contributed by atoms with Crippen molar-refractivity contribution in [2.45, 2.75) is 36.8 Å². The number of rotatable bonds is 14. The van der Waals surface area contributed by atoms with E-state index in [9.17, 15) is 41.3 Å². The number of hydrogen-bond acceptors (Lipinski definition) is 13. The van der Waals surface area contributed by atoms with Crippen molar-refractivity contribution in [2.75, 3.05) is 12.9 Å². The first kappa shape index (κ1) is 35.9. The Morgan fingerprint density at radius 2 is 1.60 bits per heavy atom. The van der Waals surface area contributed by atoms with Crippen LogP contribution in [0.3, 0.4) is 0 Å². The molecule has 254 valence electrons. The molecule has 1 aliphatic heterocycles. The van der Waals surface area contributed by atoms with E-state index >= 15 is 0 Å². The number of nitrogens with one attached hydrogen (secondary N) is 1. The van der Waals surface area contributed by atoms with Crippen LogP contribution in [-0.4, -0.2) is 68.7 Å². The van der Waals surface area contributed by atoms with Crippen LogP contribution in [-0.2, 0) is 48.9 Å². The number of nitrogens with zero attached hydrogens (tertiary/aromatic N) is 2. The number of para-hydroxylation sites is 1. The van der Waals surface area contributed by atoms with Crippen molar-refractivity contribution in [3.63, 3.8) is 0 Å². The van der Waals surface area contributed by atoms with Gasteiger partial charge in [-0.05, 0) is 55.8 Å². The van der Waals surface area contributed by atoms with Gasteiger partial charge >= 0.3 is 16.1 Å². The quantitative estimate of drug-likeness (QED) is 0.0372. The van der Waals surface area contributed by atoms with Crippen LogP contribution >= 0.6 is 10.8 Å². The summed E-state index contributed by atoms with van der Waals surface area (Å²) in [4.78, 5) is 50.8. The number of carbonyl (C=O) groups excluding carboxylic acids is 3. The summed E-state index contributed by atoms with van der Waals surface area (Å²) in [5.41, 5.74) is 0.125. The third-order valence-electron chi connectivity index (χ3n) is 6.57. The summed E-state index contributed by atoms with van der Waals surface area (Å²) >= 11 is 0. The van der Waals surface area contributed by atoms with Crippen LogP contribution in [0.1, 0.15) is 18.1 Å². The zero-order valence-corrected chi connectivity index (χ0v) is 28.0. The van der Waals surface area contributed by atoms with Gasteiger partial charge in [-0.25, -0.2) is 13.2 Å². The molecule has 0 spiro atoms. The molecule has 0 unspecified atom stereocenters. The van der Waals surface area contributed by atoms with E-state index < -0.39 is 77.8 Å². The maximum atomic E-state index is 13.6. The zero-order chi connectivity index (χ0) is 35.2. The lowest BCUT2D eigenvalue weighted by atomic mass is 10.1. The van der Waals surface area contributed by atoms with Gasteiger partial charge in [0.05, 0.1) is 16.1 Å². The lowest BCUT2D eigenvalue weighted by Crippen LogP contribution is -2.70. The number of likely N-dealkylation sites (tertiary alicyclic amines) is 1. The second-order valence-electron chi connectivity index (χ2n) is 10.3. The highest BCUT2D eigenvalue weighted by Gasteiger charge is 2.55. The van der Waals surface area contributed by atoms with Gasteiger partial charge in [0.25, 0.3) is 17.5 Å². The molecule has 4 rings (SSSR count). The Kier molecular flexibility index (Phi) is 11.1. The van der Waals surface area contributed by atoms with Crippen molar-refractivity contribution < 1.29 is 49.8 Å². The molecule has 0 radical (unpaired) electrons. The molecular formula is C30H29N3O12S3. The summed E-state index contributed by atoms with van der Waals surface area (Å²) in [5.74, 6) is -3.30. The van der Waals surface area contributed by atoms with Crippen LogP contribution in [0.15, 0.2) is 95.2 Å². The van der Waals surface area contributed by atoms with Crippen LogP contribution in [0.25, 0.3) is 0 Å². The Bertz CT molecular complexity index is 1950. The SMILES string of the molecule is CC(OS(C)(=O)=O)=C(C(=O)OCc1ccc([N+](=O)[O-])cc1)N1C(=O)[C@@H](NC(=O)COc2ccccc2)[C@H]1SS(=O)(=O)c1ccc(C)cc1. The number of benzene rings is 3. The summed E-state index contributed by atoms with van der Waals surface area (Å²) < 4.78 is 66.7. The standard InChI is InChI=1S/C30H29N3O12S3/c1-19-9-15-24(16-10-19)48(41,42)46-29-26(31-25(34)18-43-23-7-5-4-6-8-23)28(35)32(29)27(20(2)45-47(3,39)40)30(36)44-17-21-11-13-22(14-12-21)33(37)38/h4-16,26,29H,17-18H2,1-3H3,(H,31,34)/t26-,29-/m1/s1. The van der Waals surface area contributed by atoms with Crippen molar-refractivity contribution >= 4 is 53.3 Å². The van der Waals surface area contributed by atoms with Crippen LogP contribution in [0, 0.1) is 17.0 Å². The number of non-ortho nitro benzene ring substituents is 1. The van der Waals surface area contributed by atoms with E-state index in [1.54, 1.807) is 49.4 Å². The molecule has 2 amide bonds. The molecule has 48 heavy (non-hydrogen) atoms. The molecule has 1 fully saturated rings. The molecule has 15 nitrogen and oxygen atoms in total. The minimum atomic E-state index is -4.26. The van der Waals surface area contributed by atoms with Crippen LogP contribution in [0.5, 0.6) is 5.75 Å². The summed E-state index contributed by atoms with van der Waals surface area (Å²) in [6.45, 7) is 1.81. The molecule has 1 heterocycles. The van der Waals surface area contributed by atoms with Crippen molar-refractivity contribution in [1.29, 1.82) is 0 Å². The van der Waals surface area contributed by atoms with Crippen molar-refractivity contribution in [1.82, 2.24) is 10.2 Å². The smallest absolute Gasteiger partial charge is 0.359 e.